The van der Waals surface area contributed by atoms with Crippen LogP contribution in [0.2, 0.25) is 5.02 Å². The van der Waals surface area contributed by atoms with E-state index < -0.39 is 0 Å². The van der Waals surface area contributed by atoms with Crippen LogP contribution in [0.25, 0.3) is 11.4 Å². The summed E-state index contributed by atoms with van der Waals surface area (Å²) in [5.41, 5.74) is 5.02. The zero-order valence-electron chi connectivity index (χ0n) is 14.6. The maximum atomic E-state index is 6.35. The number of benzene rings is 1. The number of halogens is 1. The van der Waals surface area contributed by atoms with E-state index in [0.717, 1.165) is 11.1 Å². The molecular weight excluding hydrogens is 386 g/mol. The second kappa shape index (κ2) is 8.70. The Morgan fingerprint density at radius 1 is 1.37 bits per heavy atom. The van der Waals surface area contributed by atoms with Gasteiger partial charge in [0.05, 0.1) is 18.7 Å². The molecule has 0 aliphatic rings. The van der Waals surface area contributed by atoms with Crippen LogP contribution in [0, 0.1) is 4.77 Å². The van der Waals surface area contributed by atoms with E-state index in [4.69, 9.17) is 33.3 Å². The van der Waals surface area contributed by atoms with Gasteiger partial charge in [-0.2, -0.15) is 5.10 Å². The Morgan fingerprint density at radius 3 is 2.85 bits per heavy atom. The fourth-order valence-electron chi connectivity index (χ4n) is 2.47. The smallest absolute Gasteiger partial charge is 0.214 e. The van der Waals surface area contributed by atoms with Crippen molar-refractivity contribution in [3.63, 3.8) is 0 Å². The molecule has 3 aromatic rings. The van der Waals surface area contributed by atoms with Gasteiger partial charge in [0, 0.05) is 18.0 Å². The lowest BCUT2D eigenvalue weighted by molar-refractivity contribution is 0.326. The highest BCUT2D eigenvalue weighted by atomic mass is 35.5. The van der Waals surface area contributed by atoms with Crippen LogP contribution in [-0.2, 0) is 6.54 Å². The van der Waals surface area contributed by atoms with Gasteiger partial charge in [0.15, 0.2) is 17.3 Å². The minimum atomic E-state index is 0.340. The molecule has 0 aliphatic carbocycles. The summed E-state index contributed by atoms with van der Waals surface area (Å²) in [6.07, 6.45) is 5.04. The molecule has 0 saturated carbocycles. The zero-order valence-corrected chi connectivity index (χ0v) is 16.2. The van der Waals surface area contributed by atoms with Gasteiger partial charge in [-0.3, -0.25) is 4.98 Å². The molecule has 0 unspecified atom stereocenters. The fourth-order valence-corrected chi connectivity index (χ4v) is 2.95. The number of aromatic amines is 1. The molecule has 2 aromatic heterocycles. The first-order valence-electron chi connectivity index (χ1n) is 8.06. The third-order valence-corrected chi connectivity index (χ3v) is 4.24. The first kappa shape index (κ1) is 18.9. The van der Waals surface area contributed by atoms with Crippen molar-refractivity contribution < 1.29 is 9.47 Å². The average Bonchev–Trinajstić information content (AvgIpc) is 3.06. The molecule has 0 spiro atoms. The number of aromatic nitrogens is 4. The Bertz CT molecular complexity index is 987. The molecule has 0 radical (unpaired) electrons. The summed E-state index contributed by atoms with van der Waals surface area (Å²) in [6, 6.07) is 7.38. The molecule has 2 N–H and O–H groups in total. The monoisotopic (exact) mass is 403 g/mol. The van der Waals surface area contributed by atoms with E-state index in [1.165, 1.54) is 0 Å². The summed E-state index contributed by atoms with van der Waals surface area (Å²) < 4.78 is 13.1. The lowest BCUT2D eigenvalue weighted by atomic mass is 10.2. The Hall–Kier alpha value is -2.84. The second-order valence-electron chi connectivity index (χ2n) is 5.47. The topological polar surface area (TPSA) is 77.0 Å². The van der Waals surface area contributed by atoms with Gasteiger partial charge in [0.25, 0.3) is 0 Å². The van der Waals surface area contributed by atoms with E-state index in [1.807, 2.05) is 24.3 Å². The third kappa shape index (κ3) is 4.29. The lowest BCUT2D eigenvalue weighted by Gasteiger charge is -2.15. The van der Waals surface area contributed by atoms with Crippen molar-refractivity contribution in [1.29, 1.82) is 0 Å². The molecule has 0 aliphatic heterocycles. The van der Waals surface area contributed by atoms with Crippen LogP contribution in [0.3, 0.4) is 0 Å². The molecule has 140 valence electrons. The number of nitrogens with zero attached hydrogens (tertiary/aromatic N) is 3. The molecule has 27 heavy (non-hydrogen) atoms. The Balaban J connectivity index is 1.84. The Kier molecular flexibility index (Phi) is 6.10. The SMILES string of the molecule is C=CCOc1c(Cl)cc(CNn2c(-c3ccncc3)n[nH]c2=S)cc1OC. The van der Waals surface area contributed by atoms with Gasteiger partial charge in [-0.25, -0.2) is 9.77 Å². The number of methoxy groups -OCH3 is 1. The Labute approximate surface area is 166 Å². The number of rotatable bonds is 8. The molecule has 3 rings (SSSR count). The number of hydrogen-bond acceptors (Lipinski definition) is 6. The van der Waals surface area contributed by atoms with E-state index in [-0.39, 0.29) is 0 Å². The highest BCUT2D eigenvalue weighted by molar-refractivity contribution is 7.71. The number of H-pyrrole nitrogens is 1. The van der Waals surface area contributed by atoms with Gasteiger partial charge in [0.1, 0.15) is 6.61 Å². The molecule has 2 heterocycles. The summed E-state index contributed by atoms with van der Waals surface area (Å²) in [6.45, 7) is 4.42. The van der Waals surface area contributed by atoms with Crippen molar-refractivity contribution in [3.05, 3.63) is 64.7 Å². The highest BCUT2D eigenvalue weighted by Crippen LogP contribution is 2.36. The fraction of sp³-hybridized carbons (Fsp3) is 0.167. The van der Waals surface area contributed by atoms with Crippen molar-refractivity contribution in [2.24, 2.45) is 0 Å². The van der Waals surface area contributed by atoms with Gasteiger partial charge < -0.3 is 14.9 Å². The number of ether oxygens (including phenoxy) is 2. The number of nitrogens with one attached hydrogen (secondary N) is 2. The standard InChI is InChI=1S/C18H18ClN5O2S/c1-3-8-26-16-14(19)9-12(10-15(16)25-2)11-21-24-17(22-23-18(24)27)13-4-6-20-7-5-13/h3-7,9-10,21H,1,8,11H2,2H3,(H,23,27). The van der Waals surface area contributed by atoms with Crippen LogP contribution in [-0.4, -0.2) is 33.6 Å². The van der Waals surface area contributed by atoms with Gasteiger partial charge in [0.2, 0.25) is 4.77 Å². The van der Waals surface area contributed by atoms with Crippen molar-refractivity contribution >= 4 is 23.8 Å². The molecule has 0 amide bonds. The number of pyridine rings is 1. The molecule has 7 nitrogen and oxygen atoms in total. The van der Waals surface area contributed by atoms with Gasteiger partial charge in [-0.05, 0) is 42.0 Å². The maximum absolute atomic E-state index is 6.35. The van der Waals surface area contributed by atoms with E-state index in [0.29, 0.717) is 40.3 Å². The molecule has 0 fully saturated rings. The van der Waals surface area contributed by atoms with E-state index in [2.05, 4.69) is 27.2 Å². The normalized spacial score (nSPS) is 10.4. The zero-order chi connectivity index (χ0) is 19.2. The summed E-state index contributed by atoms with van der Waals surface area (Å²) in [4.78, 5) is 4.02. The van der Waals surface area contributed by atoms with E-state index in [1.54, 1.807) is 30.3 Å². The first-order chi connectivity index (χ1) is 13.1. The molecule has 0 bridgehead atoms. The molecule has 0 saturated heterocycles. The van der Waals surface area contributed by atoms with Crippen molar-refractivity contribution in [2.75, 3.05) is 19.1 Å². The maximum Gasteiger partial charge on any atom is 0.214 e. The van der Waals surface area contributed by atoms with Crippen LogP contribution in [0.1, 0.15) is 5.56 Å². The van der Waals surface area contributed by atoms with Gasteiger partial charge >= 0.3 is 0 Å². The quantitative estimate of drug-likeness (QED) is 0.437. The molecule has 0 atom stereocenters. The van der Waals surface area contributed by atoms with Crippen LogP contribution >= 0.6 is 23.8 Å². The number of hydrogen-bond donors (Lipinski definition) is 2. The third-order valence-electron chi connectivity index (χ3n) is 3.69. The highest BCUT2D eigenvalue weighted by Gasteiger charge is 2.13. The van der Waals surface area contributed by atoms with Gasteiger partial charge in [-0.15, -0.1) is 0 Å². The van der Waals surface area contributed by atoms with Crippen LogP contribution in [0.5, 0.6) is 11.5 Å². The predicted octanol–water partition coefficient (Wildman–Crippen LogP) is 3.97. The summed E-state index contributed by atoms with van der Waals surface area (Å²) in [7, 11) is 1.57. The van der Waals surface area contributed by atoms with E-state index in [9.17, 15) is 0 Å². The average molecular weight is 404 g/mol. The lowest BCUT2D eigenvalue weighted by Crippen LogP contribution is -2.16. The van der Waals surface area contributed by atoms with E-state index >= 15 is 0 Å². The van der Waals surface area contributed by atoms with Crippen molar-refractivity contribution in [3.8, 4) is 22.9 Å². The largest absolute Gasteiger partial charge is 0.493 e. The van der Waals surface area contributed by atoms with Gasteiger partial charge in [-0.1, -0.05) is 24.3 Å². The summed E-state index contributed by atoms with van der Waals surface area (Å²) in [5, 5.41) is 7.52. The summed E-state index contributed by atoms with van der Waals surface area (Å²) >= 11 is 11.7. The molecule has 1 aromatic carbocycles. The van der Waals surface area contributed by atoms with Crippen LogP contribution in [0.15, 0.2) is 49.3 Å². The summed E-state index contributed by atoms with van der Waals surface area (Å²) in [5.74, 6) is 1.69. The van der Waals surface area contributed by atoms with Crippen LogP contribution < -0.4 is 14.9 Å². The second-order valence-corrected chi connectivity index (χ2v) is 6.26. The molecular formula is C18H18ClN5O2S. The minimum absolute atomic E-state index is 0.340. The van der Waals surface area contributed by atoms with Crippen molar-refractivity contribution in [2.45, 2.75) is 6.54 Å². The minimum Gasteiger partial charge on any atom is -0.493 e. The van der Waals surface area contributed by atoms with Crippen LogP contribution in [0.4, 0.5) is 0 Å². The first-order valence-corrected chi connectivity index (χ1v) is 8.84. The predicted molar refractivity (Wildman–Crippen MR) is 107 cm³/mol. The Morgan fingerprint density at radius 2 is 2.15 bits per heavy atom. The molecule has 9 heteroatoms. The van der Waals surface area contributed by atoms with Crippen molar-refractivity contribution in [1.82, 2.24) is 19.9 Å².